The molecule has 1 aromatic heterocycles. The molecule has 0 saturated carbocycles. The van der Waals surface area contributed by atoms with Crippen molar-refractivity contribution in [1.29, 1.82) is 0 Å². The van der Waals surface area contributed by atoms with Crippen LogP contribution in [0.5, 0.6) is 0 Å². The minimum atomic E-state index is -0.355. The quantitative estimate of drug-likeness (QED) is 0.668. The topological polar surface area (TPSA) is 65.2 Å². The summed E-state index contributed by atoms with van der Waals surface area (Å²) < 4.78 is 4.84. The number of aromatic nitrogens is 1. The summed E-state index contributed by atoms with van der Waals surface area (Å²) in [6.45, 7) is 2.12. The number of nitrogens with zero attached hydrogens (tertiary/aromatic N) is 1. The minimum Gasteiger partial charge on any atom is -0.462 e. The summed E-state index contributed by atoms with van der Waals surface area (Å²) in [5.74, 6) is -0.355. The predicted molar refractivity (Wildman–Crippen MR) is 55.1 cm³/mol. The minimum absolute atomic E-state index is 0.355. The molecule has 0 aromatic carbocycles. The smallest absolute Gasteiger partial charge is 0.350 e. The zero-order valence-corrected chi connectivity index (χ0v) is 9.44. The lowest BCUT2D eigenvalue weighted by molar-refractivity contribution is 0.0531. The second-order valence-electron chi connectivity index (χ2n) is 2.18. The van der Waals surface area contributed by atoms with E-state index in [1.54, 1.807) is 6.92 Å². The third kappa shape index (κ3) is 2.41. The lowest BCUT2D eigenvalue weighted by atomic mass is 10.4. The van der Waals surface area contributed by atoms with Gasteiger partial charge in [-0.05, 0) is 6.92 Å². The molecular weight excluding hydrogens is 256 g/mol. The molecule has 2 N–H and O–H groups in total. The van der Waals surface area contributed by atoms with Crippen molar-refractivity contribution >= 4 is 38.4 Å². The molecule has 0 unspecified atom stereocenters. The predicted octanol–water partition coefficient (Wildman–Crippen LogP) is 1.80. The van der Waals surface area contributed by atoms with Gasteiger partial charge in [0.15, 0.2) is 5.13 Å². The van der Waals surface area contributed by atoms with Gasteiger partial charge >= 0.3 is 5.97 Å². The number of halogens is 1. The zero-order chi connectivity index (χ0) is 9.84. The number of carbonyl (C=O) groups is 1. The molecule has 0 aliphatic carbocycles. The highest BCUT2D eigenvalue weighted by molar-refractivity contribution is 9.08. The third-order valence-electron chi connectivity index (χ3n) is 1.30. The maximum Gasteiger partial charge on any atom is 0.350 e. The largest absolute Gasteiger partial charge is 0.462 e. The number of rotatable bonds is 3. The normalized spacial score (nSPS) is 10.0. The van der Waals surface area contributed by atoms with Crippen LogP contribution in [0.15, 0.2) is 0 Å². The molecule has 0 radical (unpaired) electrons. The maximum atomic E-state index is 11.3. The summed E-state index contributed by atoms with van der Waals surface area (Å²) in [7, 11) is 0. The van der Waals surface area contributed by atoms with Gasteiger partial charge in [-0.1, -0.05) is 27.3 Å². The SMILES string of the molecule is CCOC(=O)c1sc(N)nc1CBr. The van der Waals surface area contributed by atoms with Gasteiger partial charge in [0.25, 0.3) is 0 Å². The van der Waals surface area contributed by atoms with Gasteiger partial charge in [0.05, 0.1) is 12.3 Å². The fraction of sp³-hybridized carbons (Fsp3) is 0.429. The first-order chi connectivity index (χ1) is 6.19. The molecule has 1 aromatic rings. The van der Waals surface area contributed by atoms with Crippen molar-refractivity contribution in [3.63, 3.8) is 0 Å². The fourth-order valence-corrected chi connectivity index (χ4v) is 2.15. The monoisotopic (exact) mass is 264 g/mol. The van der Waals surface area contributed by atoms with Gasteiger partial charge in [0, 0.05) is 5.33 Å². The molecule has 0 fully saturated rings. The van der Waals surface area contributed by atoms with Crippen molar-refractivity contribution in [2.75, 3.05) is 12.3 Å². The van der Waals surface area contributed by atoms with E-state index < -0.39 is 0 Å². The van der Waals surface area contributed by atoms with Gasteiger partial charge in [0.1, 0.15) is 4.88 Å². The van der Waals surface area contributed by atoms with E-state index in [1.165, 1.54) is 0 Å². The number of anilines is 1. The number of alkyl halides is 1. The van der Waals surface area contributed by atoms with Crippen LogP contribution in [0.1, 0.15) is 22.3 Å². The first kappa shape index (κ1) is 10.5. The first-order valence-corrected chi connectivity index (χ1v) is 5.61. The molecule has 0 aliphatic heterocycles. The molecule has 0 aliphatic rings. The summed E-state index contributed by atoms with van der Waals surface area (Å²) in [6.07, 6.45) is 0. The zero-order valence-electron chi connectivity index (χ0n) is 7.04. The van der Waals surface area contributed by atoms with Crippen molar-refractivity contribution in [1.82, 2.24) is 4.98 Å². The van der Waals surface area contributed by atoms with E-state index in [1.807, 2.05) is 0 Å². The maximum absolute atomic E-state index is 11.3. The van der Waals surface area contributed by atoms with Crippen molar-refractivity contribution in [2.24, 2.45) is 0 Å². The lowest BCUT2D eigenvalue weighted by Gasteiger charge is -1.98. The second-order valence-corrected chi connectivity index (χ2v) is 3.77. The Morgan fingerprint density at radius 1 is 1.77 bits per heavy atom. The van der Waals surface area contributed by atoms with E-state index in [9.17, 15) is 4.79 Å². The highest BCUT2D eigenvalue weighted by Crippen LogP contribution is 2.23. The van der Waals surface area contributed by atoms with Crippen molar-refractivity contribution in [2.45, 2.75) is 12.3 Å². The molecule has 0 atom stereocenters. The van der Waals surface area contributed by atoms with Crippen LogP contribution in [0.4, 0.5) is 5.13 Å². The average Bonchev–Trinajstić information content (AvgIpc) is 2.47. The molecule has 4 nitrogen and oxygen atoms in total. The summed E-state index contributed by atoms with van der Waals surface area (Å²) in [6, 6.07) is 0. The number of thiazole rings is 1. The molecule has 0 spiro atoms. The van der Waals surface area contributed by atoms with Crippen LogP contribution in [-0.4, -0.2) is 17.6 Å². The molecule has 72 valence electrons. The molecule has 0 amide bonds. The number of nitrogens with two attached hydrogens (primary N) is 1. The molecule has 1 rings (SSSR count). The van der Waals surface area contributed by atoms with Gasteiger partial charge in [-0.15, -0.1) is 0 Å². The fourth-order valence-electron chi connectivity index (χ4n) is 0.817. The third-order valence-corrected chi connectivity index (χ3v) is 2.74. The highest BCUT2D eigenvalue weighted by Gasteiger charge is 2.16. The molecule has 1 heterocycles. The van der Waals surface area contributed by atoms with Gasteiger partial charge in [-0.25, -0.2) is 9.78 Å². The Bertz CT molecular complexity index is 313. The number of ether oxygens (including phenoxy) is 1. The molecular formula is C7H9BrN2O2S. The van der Waals surface area contributed by atoms with E-state index in [-0.39, 0.29) is 5.97 Å². The van der Waals surface area contributed by atoms with Crippen LogP contribution in [-0.2, 0) is 10.1 Å². The van der Waals surface area contributed by atoms with Crippen molar-refractivity contribution in [3.8, 4) is 0 Å². The second kappa shape index (κ2) is 4.57. The number of carbonyl (C=O) groups excluding carboxylic acids is 1. The average molecular weight is 265 g/mol. The summed E-state index contributed by atoms with van der Waals surface area (Å²) in [5.41, 5.74) is 6.11. The van der Waals surface area contributed by atoms with Crippen LogP contribution in [0, 0.1) is 0 Å². The number of hydrogen-bond donors (Lipinski definition) is 1. The number of esters is 1. The molecule has 13 heavy (non-hydrogen) atoms. The highest BCUT2D eigenvalue weighted by atomic mass is 79.9. The van der Waals surface area contributed by atoms with Crippen LogP contribution in [0.2, 0.25) is 0 Å². The Morgan fingerprint density at radius 2 is 2.46 bits per heavy atom. The Morgan fingerprint density at radius 3 is 3.00 bits per heavy atom. The van der Waals surface area contributed by atoms with Gasteiger partial charge < -0.3 is 10.5 Å². The summed E-state index contributed by atoms with van der Waals surface area (Å²) >= 11 is 4.37. The van der Waals surface area contributed by atoms with Crippen molar-refractivity contribution in [3.05, 3.63) is 10.6 Å². The Balaban J connectivity index is 2.91. The van der Waals surface area contributed by atoms with E-state index in [0.29, 0.717) is 27.6 Å². The Hall–Kier alpha value is -0.620. The Labute approximate surface area is 88.2 Å². The van der Waals surface area contributed by atoms with E-state index in [0.717, 1.165) is 11.3 Å². The number of hydrogen-bond acceptors (Lipinski definition) is 5. The van der Waals surface area contributed by atoms with Crippen LogP contribution in [0.3, 0.4) is 0 Å². The molecule has 0 saturated heterocycles. The van der Waals surface area contributed by atoms with Crippen LogP contribution >= 0.6 is 27.3 Å². The Kier molecular flexibility index (Phi) is 3.68. The summed E-state index contributed by atoms with van der Waals surface area (Å²) in [5, 5.41) is 0.895. The van der Waals surface area contributed by atoms with Gasteiger partial charge in [-0.2, -0.15) is 0 Å². The number of nitrogen functional groups attached to an aromatic ring is 1. The van der Waals surface area contributed by atoms with Crippen LogP contribution in [0.25, 0.3) is 0 Å². The van der Waals surface area contributed by atoms with Crippen molar-refractivity contribution < 1.29 is 9.53 Å². The first-order valence-electron chi connectivity index (χ1n) is 3.67. The van der Waals surface area contributed by atoms with E-state index in [4.69, 9.17) is 10.5 Å². The van der Waals surface area contributed by atoms with Crippen LogP contribution < -0.4 is 5.73 Å². The van der Waals surface area contributed by atoms with E-state index in [2.05, 4.69) is 20.9 Å². The van der Waals surface area contributed by atoms with Gasteiger partial charge in [0.2, 0.25) is 0 Å². The molecule has 6 heteroatoms. The van der Waals surface area contributed by atoms with Gasteiger partial charge in [-0.3, -0.25) is 0 Å². The summed E-state index contributed by atoms with van der Waals surface area (Å²) in [4.78, 5) is 15.8. The lowest BCUT2D eigenvalue weighted by Crippen LogP contribution is -2.04. The standard InChI is InChI=1S/C7H9BrN2O2S/c1-2-12-6(11)5-4(3-8)10-7(9)13-5/h2-3H2,1H3,(H2,9,10). The molecule has 0 bridgehead atoms. The van der Waals surface area contributed by atoms with E-state index >= 15 is 0 Å².